The molecule has 0 saturated heterocycles. The van der Waals surface area contributed by atoms with Gasteiger partial charge in [-0.15, -0.1) is 0 Å². The number of aromatic amines is 1. The van der Waals surface area contributed by atoms with E-state index < -0.39 is 11.8 Å². The van der Waals surface area contributed by atoms with Gasteiger partial charge in [0, 0.05) is 12.4 Å². The van der Waals surface area contributed by atoms with Crippen molar-refractivity contribution in [2.24, 2.45) is 0 Å². The van der Waals surface area contributed by atoms with Crippen LogP contribution in [0.25, 0.3) is 0 Å². The minimum Gasteiger partial charge on any atom is -0.418 e. The first-order valence-electron chi connectivity index (χ1n) is 2.83. The molecule has 5 heteroatoms. The molecule has 0 aliphatic heterocycles. The van der Waals surface area contributed by atoms with Gasteiger partial charge in [-0.05, 0) is 0 Å². The highest BCUT2D eigenvalue weighted by molar-refractivity contribution is 5.70. The van der Waals surface area contributed by atoms with Gasteiger partial charge in [0.25, 0.3) is 0 Å². The first-order chi connectivity index (χ1) is 5.25. The minimum atomic E-state index is -0.772. The van der Waals surface area contributed by atoms with Gasteiger partial charge in [-0.2, -0.15) is 0 Å². The van der Waals surface area contributed by atoms with Crippen LogP contribution < -0.4 is 5.69 Å². The summed E-state index contributed by atoms with van der Waals surface area (Å²) in [4.78, 5) is 23.8. The van der Waals surface area contributed by atoms with Crippen LogP contribution in [0.5, 0.6) is 0 Å². The third kappa shape index (κ3) is 1.37. The van der Waals surface area contributed by atoms with E-state index in [9.17, 15) is 9.59 Å². The zero-order valence-corrected chi connectivity index (χ0v) is 5.61. The fourth-order valence-corrected chi connectivity index (χ4v) is 0.592. The maximum Gasteiger partial charge on any atom is 0.427 e. The van der Waals surface area contributed by atoms with Gasteiger partial charge in [-0.3, -0.25) is 0 Å². The van der Waals surface area contributed by atoms with Crippen molar-refractivity contribution in [2.75, 3.05) is 0 Å². The van der Waals surface area contributed by atoms with E-state index in [4.69, 9.17) is 0 Å². The average Bonchev–Trinajstić information content (AvgIpc) is 2.36. The summed E-state index contributed by atoms with van der Waals surface area (Å²) in [6, 6.07) is 0. The fourth-order valence-electron chi connectivity index (χ4n) is 0.592. The van der Waals surface area contributed by atoms with Crippen LogP contribution in [-0.2, 0) is 4.74 Å². The molecule has 0 radical (unpaired) electrons. The van der Waals surface area contributed by atoms with E-state index in [1.54, 1.807) is 0 Å². The van der Waals surface area contributed by atoms with Crippen LogP contribution in [0.1, 0.15) is 0 Å². The lowest BCUT2D eigenvalue weighted by molar-refractivity contribution is 0.186. The Balaban J connectivity index is 2.93. The Kier molecular flexibility index (Phi) is 1.91. The van der Waals surface area contributed by atoms with Crippen molar-refractivity contribution in [1.29, 1.82) is 0 Å². The standard InChI is InChI=1S/C6H6N2O3/c1-2-11-6(10)8-4-3-7-5(8)9/h2-4H,1H2,(H,7,9). The molecular formula is C6H6N2O3. The highest BCUT2D eigenvalue weighted by atomic mass is 16.5. The first-order valence-corrected chi connectivity index (χ1v) is 2.83. The Morgan fingerprint density at radius 2 is 2.55 bits per heavy atom. The van der Waals surface area contributed by atoms with Crippen LogP contribution in [0, 0.1) is 0 Å². The monoisotopic (exact) mass is 154 g/mol. The number of H-pyrrole nitrogens is 1. The lowest BCUT2D eigenvalue weighted by atomic mass is 10.9. The van der Waals surface area contributed by atoms with E-state index in [0.29, 0.717) is 0 Å². The minimum absolute atomic E-state index is 0.531. The number of nitrogens with zero attached hydrogens (tertiary/aromatic N) is 1. The summed E-state index contributed by atoms with van der Waals surface area (Å²) in [5, 5.41) is 0. The van der Waals surface area contributed by atoms with Crippen LogP contribution in [0.3, 0.4) is 0 Å². The van der Waals surface area contributed by atoms with E-state index in [1.165, 1.54) is 12.4 Å². The fraction of sp³-hybridized carbons (Fsp3) is 0. The SMILES string of the molecule is C=COC(=O)n1cc[nH]c1=O. The molecule has 0 aromatic carbocycles. The van der Waals surface area contributed by atoms with Crippen molar-refractivity contribution >= 4 is 6.09 Å². The second-order valence-electron chi connectivity index (χ2n) is 1.69. The first kappa shape index (κ1) is 7.33. The van der Waals surface area contributed by atoms with Crippen LogP contribution in [0.4, 0.5) is 4.79 Å². The molecule has 0 aliphatic carbocycles. The number of rotatable bonds is 1. The molecule has 0 aliphatic rings. The van der Waals surface area contributed by atoms with Crippen molar-refractivity contribution in [3.63, 3.8) is 0 Å². The number of nitrogens with one attached hydrogen (secondary N) is 1. The smallest absolute Gasteiger partial charge is 0.418 e. The maximum absolute atomic E-state index is 10.8. The van der Waals surface area contributed by atoms with Gasteiger partial charge in [-0.1, -0.05) is 6.58 Å². The Morgan fingerprint density at radius 1 is 1.82 bits per heavy atom. The normalized spacial score (nSPS) is 9.09. The predicted octanol–water partition coefficient (Wildman–Crippen LogP) is 0.305. The van der Waals surface area contributed by atoms with Crippen molar-refractivity contribution < 1.29 is 9.53 Å². The van der Waals surface area contributed by atoms with Gasteiger partial charge in [0.1, 0.15) is 0 Å². The molecule has 1 rings (SSSR count). The summed E-state index contributed by atoms with van der Waals surface area (Å²) in [5.41, 5.74) is -0.531. The summed E-state index contributed by atoms with van der Waals surface area (Å²) >= 11 is 0. The van der Waals surface area contributed by atoms with Gasteiger partial charge in [0.15, 0.2) is 0 Å². The molecule has 0 atom stereocenters. The molecule has 1 N–H and O–H groups in total. The second-order valence-corrected chi connectivity index (χ2v) is 1.69. The molecule has 1 heterocycles. The molecule has 1 aromatic rings. The number of imidazole rings is 1. The summed E-state index contributed by atoms with van der Waals surface area (Å²) < 4.78 is 5.13. The summed E-state index contributed by atoms with van der Waals surface area (Å²) in [5.74, 6) is 0. The molecule has 5 nitrogen and oxygen atoms in total. The highest BCUT2D eigenvalue weighted by Gasteiger charge is 2.05. The Morgan fingerprint density at radius 3 is 3.00 bits per heavy atom. The van der Waals surface area contributed by atoms with Gasteiger partial charge in [0.2, 0.25) is 0 Å². The lowest BCUT2D eigenvalue weighted by Gasteiger charge is -1.94. The third-order valence-electron chi connectivity index (χ3n) is 1.03. The van der Waals surface area contributed by atoms with Gasteiger partial charge < -0.3 is 9.72 Å². The zero-order chi connectivity index (χ0) is 8.27. The number of ether oxygens (including phenoxy) is 1. The van der Waals surface area contributed by atoms with Crippen LogP contribution in [0.15, 0.2) is 30.0 Å². The Hall–Kier alpha value is -1.78. The molecule has 0 bridgehead atoms. The van der Waals surface area contributed by atoms with Gasteiger partial charge >= 0.3 is 11.8 Å². The summed E-state index contributed by atoms with van der Waals surface area (Å²) in [7, 11) is 0. The number of aromatic nitrogens is 2. The quantitative estimate of drug-likeness (QED) is 0.592. The Labute approximate surface area is 61.9 Å². The number of carbonyl (C=O) groups is 1. The molecule has 58 valence electrons. The van der Waals surface area contributed by atoms with Gasteiger partial charge in [0.05, 0.1) is 6.26 Å². The molecular weight excluding hydrogens is 148 g/mol. The van der Waals surface area contributed by atoms with Crippen molar-refractivity contribution in [3.8, 4) is 0 Å². The molecule has 1 aromatic heterocycles. The van der Waals surface area contributed by atoms with Crippen molar-refractivity contribution in [3.05, 3.63) is 35.7 Å². The molecule has 0 fully saturated rings. The largest absolute Gasteiger partial charge is 0.427 e. The summed E-state index contributed by atoms with van der Waals surface area (Å²) in [6.45, 7) is 3.17. The average molecular weight is 154 g/mol. The summed E-state index contributed by atoms with van der Waals surface area (Å²) in [6.07, 6.45) is 2.80. The van der Waals surface area contributed by atoms with E-state index in [0.717, 1.165) is 10.8 Å². The second kappa shape index (κ2) is 2.87. The van der Waals surface area contributed by atoms with E-state index in [2.05, 4.69) is 16.3 Å². The lowest BCUT2D eigenvalue weighted by Crippen LogP contribution is -2.23. The van der Waals surface area contributed by atoms with Crippen LogP contribution >= 0.6 is 0 Å². The molecule has 0 amide bonds. The number of carbonyl (C=O) groups excluding carboxylic acids is 1. The number of hydrogen-bond acceptors (Lipinski definition) is 3. The zero-order valence-electron chi connectivity index (χ0n) is 5.61. The third-order valence-corrected chi connectivity index (χ3v) is 1.03. The predicted molar refractivity (Wildman–Crippen MR) is 37.1 cm³/mol. The van der Waals surface area contributed by atoms with Crippen LogP contribution in [-0.4, -0.2) is 15.6 Å². The topological polar surface area (TPSA) is 64.1 Å². The highest BCUT2D eigenvalue weighted by Crippen LogP contribution is 1.84. The molecule has 11 heavy (non-hydrogen) atoms. The maximum atomic E-state index is 10.8. The molecule has 0 saturated carbocycles. The molecule has 0 unspecified atom stereocenters. The van der Waals surface area contributed by atoms with E-state index in [-0.39, 0.29) is 0 Å². The van der Waals surface area contributed by atoms with E-state index in [1.807, 2.05) is 0 Å². The Bertz CT molecular complexity index is 323. The number of hydrogen-bond donors (Lipinski definition) is 1. The van der Waals surface area contributed by atoms with Crippen molar-refractivity contribution in [2.45, 2.75) is 0 Å². The van der Waals surface area contributed by atoms with E-state index >= 15 is 0 Å². The van der Waals surface area contributed by atoms with Crippen molar-refractivity contribution in [1.82, 2.24) is 9.55 Å². The van der Waals surface area contributed by atoms with Gasteiger partial charge in [-0.25, -0.2) is 14.2 Å². The molecule has 0 spiro atoms. The van der Waals surface area contributed by atoms with Crippen LogP contribution in [0.2, 0.25) is 0 Å².